The number of benzene rings is 2. The molecule has 0 atom stereocenters. The van der Waals surface area contributed by atoms with Crippen molar-refractivity contribution in [2.45, 2.75) is 13.5 Å². The van der Waals surface area contributed by atoms with Crippen LogP contribution < -0.4 is 9.64 Å². The maximum absolute atomic E-state index is 12.0. The summed E-state index contributed by atoms with van der Waals surface area (Å²) in [6.07, 6.45) is 0. The molecule has 0 aromatic heterocycles. The molecule has 8 nitrogen and oxygen atoms in total. The molecule has 2 aromatic carbocycles. The van der Waals surface area contributed by atoms with Gasteiger partial charge in [-0.3, -0.25) is 14.9 Å². The van der Waals surface area contributed by atoms with Crippen molar-refractivity contribution >= 4 is 23.3 Å². The van der Waals surface area contributed by atoms with E-state index >= 15 is 0 Å². The molecule has 0 saturated heterocycles. The average molecular weight is 344 g/mol. The number of rotatable bonds is 6. The van der Waals surface area contributed by atoms with Gasteiger partial charge in [-0.1, -0.05) is 18.2 Å². The summed E-state index contributed by atoms with van der Waals surface area (Å²) < 4.78 is 5.02. The highest BCUT2D eigenvalue weighted by atomic mass is 16.6. The third-order valence-corrected chi connectivity index (χ3v) is 3.59. The van der Waals surface area contributed by atoms with Gasteiger partial charge in [0.05, 0.1) is 29.8 Å². The number of carboxylic acid groups (broad SMARTS) is 1. The summed E-state index contributed by atoms with van der Waals surface area (Å²) in [4.78, 5) is 35.1. The minimum atomic E-state index is -1.15. The number of hydrogen-bond donors (Lipinski definition) is 1. The SMILES string of the molecule is COc1cc(CN(C(C)=O)c2ccccc2C(=O)O)ccc1[N+](=O)[O-]. The van der Waals surface area contributed by atoms with Gasteiger partial charge >= 0.3 is 11.7 Å². The molecule has 0 bridgehead atoms. The highest BCUT2D eigenvalue weighted by Crippen LogP contribution is 2.29. The summed E-state index contributed by atoms with van der Waals surface area (Å²) in [6, 6.07) is 10.4. The van der Waals surface area contributed by atoms with Gasteiger partial charge in [-0.05, 0) is 23.8 Å². The van der Waals surface area contributed by atoms with E-state index < -0.39 is 10.9 Å². The molecule has 0 heterocycles. The number of para-hydroxylation sites is 1. The number of anilines is 1. The number of nitro groups is 1. The van der Waals surface area contributed by atoms with Crippen LogP contribution in [0.1, 0.15) is 22.8 Å². The van der Waals surface area contributed by atoms with E-state index in [9.17, 15) is 24.8 Å². The van der Waals surface area contributed by atoms with E-state index in [1.807, 2.05) is 0 Å². The van der Waals surface area contributed by atoms with Crippen LogP contribution in [-0.2, 0) is 11.3 Å². The predicted molar refractivity (Wildman–Crippen MR) is 89.9 cm³/mol. The molecule has 1 N–H and O–H groups in total. The number of hydrogen-bond acceptors (Lipinski definition) is 5. The number of methoxy groups -OCH3 is 1. The van der Waals surface area contributed by atoms with Gasteiger partial charge in [0.15, 0.2) is 5.75 Å². The standard InChI is InChI=1S/C17H16N2O6/c1-11(20)18(14-6-4-3-5-13(14)17(21)22)10-12-7-8-15(19(23)24)16(9-12)25-2/h3-9H,10H2,1-2H3,(H,21,22). The number of carboxylic acids is 1. The first-order chi connectivity index (χ1) is 11.8. The van der Waals surface area contributed by atoms with Crippen molar-refractivity contribution in [1.29, 1.82) is 0 Å². The normalized spacial score (nSPS) is 10.2. The molecule has 0 aliphatic rings. The third kappa shape index (κ3) is 3.92. The van der Waals surface area contributed by atoms with Gasteiger partial charge in [-0.15, -0.1) is 0 Å². The van der Waals surface area contributed by atoms with Gasteiger partial charge < -0.3 is 14.7 Å². The fourth-order valence-corrected chi connectivity index (χ4v) is 2.41. The summed E-state index contributed by atoms with van der Waals surface area (Å²) in [7, 11) is 1.31. The lowest BCUT2D eigenvalue weighted by Gasteiger charge is -2.23. The van der Waals surface area contributed by atoms with Crippen LogP contribution in [-0.4, -0.2) is 29.0 Å². The van der Waals surface area contributed by atoms with Crippen molar-refractivity contribution in [1.82, 2.24) is 0 Å². The minimum Gasteiger partial charge on any atom is -0.490 e. The van der Waals surface area contributed by atoms with E-state index in [0.29, 0.717) is 5.56 Å². The number of nitro benzene ring substituents is 1. The number of aromatic carboxylic acids is 1. The molecular weight excluding hydrogens is 328 g/mol. The lowest BCUT2D eigenvalue weighted by Crippen LogP contribution is -2.29. The smallest absolute Gasteiger partial charge is 0.337 e. The second kappa shape index (κ2) is 7.43. The maximum atomic E-state index is 12.0. The van der Waals surface area contributed by atoms with Crippen LogP contribution in [0.5, 0.6) is 5.75 Å². The van der Waals surface area contributed by atoms with Crippen molar-refractivity contribution < 1.29 is 24.4 Å². The number of carbonyl (C=O) groups excluding carboxylic acids is 1. The van der Waals surface area contributed by atoms with E-state index in [2.05, 4.69) is 0 Å². The molecule has 0 unspecified atom stereocenters. The van der Waals surface area contributed by atoms with Crippen molar-refractivity contribution in [2.24, 2.45) is 0 Å². The maximum Gasteiger partial charge on any atom is 0.337 e. The van der Waals surface area contributed by atoms with Gasteiger partial charge in [0.25, 0.3) is 0 Å². The summed E-state index contributed by atoms with van der Waals surface area (Å²) in [5.41, 5.74) is 0.621. The van der Waals surface area contributed by atoms with Crippen molar-refractivity contribution in [3.8, 4) is 5.75 Å². The summed E-state index contributed by atoms with van der Waals surface area (Å²) in [5, 5.41) is 20.3. The van der Waals surface area contributed by atoms with E-state index in [0.717, 1.165) is 0 Å². The highest BCUT2D eigenvalue weighted by molar-refractivity contribution is 6.01. The summed E-state index contributed by atoms with van der Waals surface area (Å²) in [5.74, 6) is -1.44. The first-order valence-electron chi connectivity index (χ1n) is 7.27. The predicted octanol–water partition coefficient (Wildman–Crippen LogP) is 2.85. The average Bonchev–Trinajstić information content (AvgIpc) is 2.58. The molecule has 130 valence electrons. The molecule has 25 heavy (non-hydrogen) atoms. The van der Waals surface area contributed by atoms with Crippen LogP contribution >= 0.6 is 0 Å². The Morgan fingerprint density at radius 1 is 1.24 bits per heavy atom. The summed E-state index contributed by atoms with van der Waals surface area (Å²) in [6.45, 7) is 1.37. The second-order valence-corrected chi connectivity index (χ2v) is 5.19. The Hall–Kier alpha value is -3.42. The fraction of sp³-hybridized carbons (Fsp3) is 0.176. The molecule has 0 aliphatic heterocycles. The van der Waals surface area contributed by atoms with E-state index in [-0.39, 0.29) is 35.1 Å². The Labute approximate surface area is 143 Å². The first kappa shape index (κ1) is 17.9. The topological polar surface area (TPSA) is 110 Å². The Morgan fingerprint density at radius 2 is 1.92 bits per heavy atom. The molecule has 2 rings (SSSR count). The van der Waals surface area contributed by atoms with Crippen LogP contribution in [0.15, 0.2) is 42.5 Å². The Kier molecular flexibility index (Phi) is 5.33. The van der Waals surface area contributed by atoms with E-state index in [4.69, 9.17) is 4.74 Å². The monoisotopic (exact) mass is 344 g/mol. The Morgan fingerprint density at radius 3 is 2.48 bits per heavy atom. The zero-order valence-corrected chi connectivity index (χ0v) is 13.6. The third-order valence-electron chi connectivity index (χ3n) is 3.59. The number of amides is 1. The number of ether oxygens (including phenoxy) is 1. The molecule has 8 heteroatoms. The molecule has 2 aromatic rings. The molecule has 1 amide bonds. The van der Waals surface area contributed by atoms with Crippen molar-refractivity contribution in [3.63, 3.8) is 0 Å². The Bertz CT molecular complexity index is 834. The zero-order chi connectivity index (χ0) is 18.6. The highest BCUT2D eigenvalue weighted by Gasteiger charge is 2.21. The minimum absolute atomic E-state index is 0.00780. The quantitative estimate of drug-likeness (QED) is 0.637. The first-order valence-corrected chi connectivity index (χ1v) is 7.27. The van der Waals surface area contributed by atoms with Crippen molar-refractivity contribution in [3.05, 3.63) is 63.7 Å². The van der Waals surface area contributed by atoms with E-state index in [1.54, 1.807) is 12.1 Å². The van der Waals surface area contributed by atoms with Gasteiger partial charge in [-0.25, -0.2) is 4.79 Å². The number of carbonyl (C=O) groups is 2. The van der Waals surface area contributed by atoms with Crippen molar-refractivity contribution in [2.75, 3.05) is 12.0 Å². The van der Waals surface area contributed by atoms with Gasteiger partial charge in [0.2, 0.25) is 5.91 Å². The molecular formula is C17H16N2O6. The molecule has 0 spiro atoms. The second-order valence-electron chi connectivity index (χ2n) is 5.19. The lowest BCUT2D eigenvalue weighted by molar-refractivity contribution is -0.385. The zero-order valence-electron chi connectivity index (χ0n) is 13.6. The van der Waals surface area contributed by atoms with Gasteiger partial charge in [0.1, 0.15) is 0 Å². The van der Waals surface area contributed by atoms with Crippen LogP contribution in [0.2, 0.25) is 0 Å². The van der Waals surface area contributed by atoms with E-state index in [1.165, 1.54) is 49.3 Å². The van der Waals surface area contributed by atoms with Crippen LogP contribution in [0.4, 0.5) is 11.4 Å². The van der Waals surface area contributed by atoms with Gasteiger partial charge in [-0.2, -0.15) is 0 Å². The van der Waals surface area contributed by atoms with Gasteiger partial charge in [0, 0.05) is 13.0 Å². The van der Waals surface area contributed by atoms with Crippen LogP contribution in [0.3, 0.4) is 0 Å². The van der Waals surface area contributed by atoms with Crippen LogP contribution in [0.25, 0.3) is 0 Å². The Balaban J connectivity index is 2.43. The molecule has 0 radical (unpaired) electrons. The lowest BCUT2D eigenvalue weighted by atomic mass is 10.1. The summed E-state index contributed by atoms with van der Waals surface area (Å²) >= 11 is 0. The largest absolute Gasteiger partial charge is 0.490 e. The molecule has 0 aliphatic carbocycles. The molecule has 0 saturated carbocycles. The van der Waals surface area contributed by atoms with Crippen LogP contribution in [0, 0.1) is 10.1 Å². The number of nitrogens with zero attached hydrogens (tertiary/aromatic N) is 2. The molecule has 0 fully saturated rings. The fourth-order valence-electron chi connectivity index (χ4n) is 2.41.